The van der Waals surface area contributed by atoms with E-state index in [2.05, 4.69) is 25.5 Å². The number of rotatable bonds is 3. The molecule has 1 N–H and O–H groups in total. The van der Waals surface area contributed by atoms with Crippen molar-refractivity contribution in [2.24, 2.45) is 0 Å². The van der Waals surface area contributed by atoms with E-state index in [4.69, 9.17) is 0 Å². The number of hydrogen-bond acceptors (Lipinski definition) is 6. The van der Waals surface area contributed by atoms with Crippen molar-refractivity contribution in [2.75, 3.05) is 24.3 Å². The Morgan fingerprint density at radius 2 is 2.15 bits per heavy atom. The van der Waals surface area contributed by atoms with Gasteiger partial charge in [0.2, 0.25) is 5.95 Å². The van der Waals surface area contributed by atoms with Gasteiger partial charge in [-0.2, -0.15) is 4.98 Å². The lowest BCUT2D eigenvalue weighted by molar-refractivity contribution is 1.02. The van der Waals surface area contributed by atoms with Crippen LogP contribution in [0, 0.1) is 6.92 Å². The predicted molar refractivity (Wildman–Crippen MR) is 77.4 cm³/mol. The van der Waals surface area contributed by atoms with Crippen LogP contribution >= 0.6 is 0 Å². The van der Waals surface area contributed by atoms with Gasteiger partial charge in [0.25, 0.3) is 0 Å². The molecule has 0 bridgehead atoms. The minimum absolute atomic E-state index is 0.537. The maximum atomic E-state index is 4.50. The van der Waals surface area contributed by atoms with Crippen molar-refractivity contribution in [3.05, 3.63) is 36.4 Å². The Morgan fingerprint density at radius 3 is 2.95 bits per heavy atom. The van der Waals surface area contributed by atoms with Crippen molar-refractivity contribution >= 4 is 23.1 Å². The highest BCUT2D eigenvalue weighted by molar-refractivity contribution is 5.71. The van der Waals surface area contributed by atoms with E-state index < -0.39 is 0 Å². The van der Waals surface area contributed by atoms with Crippen molar-refractivity contribution in [1.82, 2.24) is 24.6 Å². The molecule has 0 amide bonds. The zero-order valence-electron chi connectivity index (χ0n) is 11.6. The van der Waals surface area contributed by atoms with Crippen LogP contribution in [0.1, 0.15) is 5.56 Å². The van der Waals surface area contributed by atoms with E-state index in [1.807, 2.05) is 48.6 Å². The van der Waals surface area contributed by atoms with Gasteiger partial charge in [-0.05, 0) is 19.1 Å². The van der Waals surface area contributed by atoms with Gasteiger partial charge in [0, 0.05) is 32.1 Å². The van der Waals surface area contributed by atoms with Gasteiger partial charge < -0.3 is 10.2 Å². The van der Waals surface area contributed by atoms with Crippen molar-refractivity contribution in [2.45, 2.75) is 6.92 Å². The Labute approximate surface area is 116 Å². The van der Waals surface area contributed by atoms with Gasteiger partial charge in [-0.15, -0.1) is 10.2 Å². The van der Waals surface area contributed by atoms with Gasteiger partial charge in [-0.25, -0.2) is 4.98 Å². The summed E-state index contributed by atoms with van der Waals surface area (Å²) in [6.07, 6.45) is 5.35. The maximum Gasteiger partial charge on any atom is 0.229 e. The molecule has 0 spiro atoms. The average molecular weight is 269 g/mol. The second kappa shape index (κ2) is 4.76. The fraction of sp³-hybridized carbons (Fsp3) is 0.231. The monoisotopic (exact) mass is 269 g/mol. The summed E-state index contributed by atoms with van der Waals surface area (Å²) in [4.78, 5) is 10.8. The summed E-state index contributed by atoms with van der Waals surface area (Å²) in [6.45, 7) is 1.98. The van der Waals surface area contributed by atoms with Crippen molar-refractivity contribution in [3.8, 4) is 0 Å². The van der Waals surface area contributed by atoms with Crippen LogP contribution in [-0.2, 0) is 0 Å². The Kier molecular flexibility index (Phi) is 2.94. The third-order valence-electron chi connectivity index (χ3n) is 2.94. The molecule has 0 aromatic carbocycles. The van der Waals surface area contributed by atoms with E-state index in [1.54, 1.807) is 12.5 Å². The van der Waals surface area contributed by atoms with Crippen LogP contribution in [0.4, 0.5) is 17.5 Å². The van der Waals surface area contributed by atoms with Crippen molar-refractivity contribution < 1.29 is 0 Å². The Hall–Kier alpha value is -2.70. The second-order valence-electron chi connectivity index (χ2n) is 4.70. The molecule has 0 aliphatic carbocycles. The summed E-state index contributed by atoms with van der Waals surface area (Å²) in [6, 6.07) is 3.84. The molecule has 3 heterocycles. The van der Waals surface area contributed by atoms with E-state index in [0.29, 0.717) is 5.95 Å². The van der Waals surface area contributed by atoms with E-state index in [-0.39, 0.29) is 0 Å². The molecular weight excluding hydrogens is 254 g/mol. The predicted octanol–water partition coefficient (Wildman–Crippen LogP) is 1.64. The minimum Gasteiger partial charge on any atom is -0.362 e. The quantitative estimate of drug-likeness (QED) is 0.779. The number of aromatic nitrogens is 5. The second-order valence-corrected chi connectivity index (χ2v) is 4.70. The van der Waals surface area contributed by atoms with Crippen LogP contribution in [0.15, 0.2) is 30.9 Å². The SMILES string of the molecule is Cc1cnc(Nc2cccn3cnnc23)nc1N(C)C. The first-order chi connectivity index (χ1) is 9.65. The molecule has 3 aromatic heterocycles. The summed E-state index contributed by atoms with van der Waals surface area (Å²) in [5, 5.41) is 11.1. The van der Waals surface area contributed by atoms with E-state index >= 15 is 0 Å². The molecule has 20 heavy (non-hydrogen) atoms. The molecule has 0 radical (unpaired) electrons. The van der Waals surface area contributed by atoms with Crippen LogP contribution in [-0.4, -0.2) is 38.7 Å². The molecule has 102 valence electrons. The number of fused-ring (bicyclic) bond motifs is 1. The van der Waals surface area contributed by atoms with Crippen molar-refractivity contribution in [3.63, 3.8) is 0 Å². The summed E-state index contributed by atoms with van der Waals surface area (Å²) in [5.74, 6) is 1.42. The highest BCUT2D eigenvalue weighted by Gasteiger charge is 2.08. The number of nitrogens with one attached hydrogen (secondary N) is 1. The van der Waals surface area contributed by atoms with Crippen LogP contribution in [0.3, 0.4) is 0 Å². The molecule has 0 fully saturated rings. The third-order valence-corrected chi connectivity index (χ3v) is 2.94. The maximum absolute atomic E-state index is 4.50. The van der Waals surface area contributed by atoms with Gasteiger partial charge in [0.15, 0.2) is 5.65 Å². The number of anilines is 3. The minimum atomic E-state index is 0.537. The highest BCUT2D eigenvalue weighted by atomic mass is 15.2. The fourth-order valence-corrected chi connectivity index (χ4v) is 2.02. The van der Waals surface area contributed by atoms with Crippen LogP contribution in [0.2, 0.25) is 0 Å². The number of nitrogens with zero attached hydrogens (tertiary/aromatic N) is 6. The first kappa shape index (κ1) is 12.3. The Morgan fingerprint density at radius 1 is 1.30 bits per heavy atom. The highest BCUT2D eigenvalue weighted by Crippen LogP contribution is 2.20. The van der Waals surface area contributed by atoms with E-state index in [1.165, 1.54) is 0 Å². The normalized spacial score (nSPS) is 10.8. The first-order valence-corrected chi connectivity index (χ1v) is 6.21. The van der Waals surface area contributed by atoms with Crippen LogP contribution < -0.4 is 10.2 Å². The van der Waals surface area contributed by atoms with E-state index in [9.17, 15) is 0 Å². The Balaban J connectivity index is 1.99. The largest absolute Gasteiger partial charge is 0.362 e. The topological polar surface area (TPSA) is 71.2 Å². The summed E-state index contributed by atoms with van der Waals surface area (Å²) in [7, 11) is 3.91. The zero-order chi connectivity index (χ0) is 14.1. The lowest BCUT2D eigenvalue weighted by atomic mass is 10.3. The lowest BCUT2D eigenvalue weighted by Gasteiger charge is -2.15. The van der Waals surface area contributed by atoms with Gasteiger partial charge in [-0.3, -0.25) is 4.40 Å². The molecule has 0 saturated heterocycles. The third kappa shape index (κ3) is 2.13. The molecule has 0 aliphatic rings. The van der Waals surface area contributed by atoms with Gasteiger partial charge in [0.05, 0.1) is 5.69 Å². The van der Waals surface area contributed by atoms with Crippen LogP contribution in [0.25, 0.3) is 5.65 Å². The molecule has 7 heteroatoms. The van der Waals surface area contributed by atoms with Gasteiger partial charge in [-0.1, -0.05) is 0 Å². The number of aryl methyl sites for hydroxylation is 1. The van der Waals surface area contributed by atoms with Gasteiger partial charge >= 0.3 is 0 Å². The molecule has 0 aliphatic heterocycles. The number of pyridine rings is 1. The first-order valence-electron chi connectivity index (χ1n) is 6.21. The summed E-state index contributed by atoms with van der Waals surface area (Å²) < 4.78 is 1.84. The Bertz CT molecular complexity index is 747. The van der Waals surface area contributed by atoms with Gasteiger partial charge in [0.1, 0.15) is 12.1 Å². The standard InChI is InChI=1S/C13H15N7/c1-9-7-14-13(17-11(9)19(2)3)16-10-5-4-6-20-8-15-18-12(10)20/h4-8H,1-3H3,(H,14,16,17). The molecular formula is C13H15N7. The molecule has 0 saturated carbocycles. The van der Waals surface area contributed by atoms with E-state index in [0.717, 1.165) is 22.7 Å². The van der Waals surface area contributed by atoms with Crippen molar-refractivity contribution in [1.29, 1.82) is 0 Å². The smallest absolute Gasteiger partial charge is 0.229 e. The summed E-state index contributed by atoms with van der Waals surface area (Å²) >= 11 is 0. The number of hydrogen-bond donors (Lipinski definition) is 1. The molecule has 3 rings (SSSR count). The molecule has 0 atom stereocenters. The lowest BCUT2D eigenvalue weighted by Crippen LogP contribution is -2.13. The zero-order valence-corrected chi connectivity index (χ0v) is 11.6. The molecule has 3 aromatic rings. The summed E-state index contributed by atoms with van der Waals surface area (Å²) in [5.41, 5.74) is 2.59. The molecule has 7 nitrogen and oxygen atoms in total. The van der Waals surface area contributed by atoms with Crippen LogP contribution in [0.5, 0.6) is 0 Å². The fourth-order valence-electron chi connectivity index (χ4n) is 2.02. The molecule has 0 unspecified atom stereocenters. The average Bonchev–Trinajstić information content (AvgIpc) is 2.90.